The Labute approximate surface area is 131 Å². The highest BCUT2D eigenvalue weighted by atomic mass is 16.5. The second-order valence-electron chi connectivity index (χ2n) is 5.92. The summed E-state index contributed by atoms with van der Waals surface area (Å²) in [5.74, 6) is 1.08. The number of imide groups is 1. The van der Waals surface area contributed by atoms with Gasteiger partial charge >= 0.3 is 6.03 Å². The lowest BCUT2D eigenvalue weighted by Crippen LogP contribution is -2.35. The molecule has 1 aliphatic rings. The summed E-state index contributed by atoms with van der Waals surface area (Å²) in [6.07, 6.45) is 0.609. The van der Waals surface area contributed by atoms with Gasteiger partial charge in [-0.2, -0.15) is 0 Å². The molecule has 1 aromatic rings. The SMILES string of the molecule is CCC1NC(=O)N(CCOc2ccc(C(C)C)c(C)c2)C1=O. The van der Waals surface area contributed by atoms with Crippen molar-refractivity contribution in [2.75, 3.05) is 13.2 Å². The van der Waals surface area contributed by atoms with E-state index in [0.717, 1.165) is 5.75 Å². The smallest absolute Gasteiger partial charge is 0.324 e. The molecule has 1 unspecified atom stereocenters. The van der Waals surface area contributed by atoms with Crippen molar-refractivity contribution in [1.82, 2.24) is 10.2 Å². The second kappa shape index (κ2) is 6.81. The molecule has 5 heteroatoms. The zero-order chi connectivity index (χ0) is 16.3. The summed E-state index contributed by atoms with van der Waals surface area (Å²) in [5.41, 5.74) is 2.49. The van der Waals surface area contributed by atoms with Crippen molar-refractivity contribution in [3.63, 3.8) is 0 Å². The van der Waals surface area contributed by atoms with Gasteiger partial charge in [-0.15, -0.1) is 0 Å². The molecule has 1 aliphatic heterocycles. The molecule has 1 heterocycles. The van der Waals surface area contributed by atoms with Crippen molar-refractivity contribution in [3.05, 3.63) is 29.3 Å². The Morgan fingerprint density at radius 1 is 1.32 bits per heavy atom. The molecule has 120 valence electrons. The molecule has 2 rings (SSSR count). The van der Waals surface area contributed by atoms with Crippen molar-refractivity contribution in [1.29, 1.82) is 0 Å². The maximum absolute atomic E-state index is 12.0. The maximum atomic E-state index is 12.0. The monoisotopic (exact) mass is 304 g/mol. The fraction of sp³-hybridized carbons (Fsp3) is 0.529. The largest absolute Gasteiger partial charge is 0.492 e. The number of hydrogen-bond acceptors (Lipinski definition) is 3. The van der Waals surface area contributed by atoms with E-state index in [1.165, 1.54) is 16.0 Å². The zero-order valence-corrected chi connectivity index (χ0v) is 13.7. The predicted molar refractivity (Wildman–Crippen MR) is 85.1 cm³/mol. The Morgan fingerprint density at radius 2 is 2.05 bits per heavy atom. The first-order chi connectivity index (χ1) is 10.4. The highest BCUT2D eigenvalue weighted by molar-refractivity contribution is 6.04. The molecule has 5 nitrogen and oxygen atoms in total. The van der Waals surface area contributed by atoms with E-state index in [0.29, 0.717) is 18.9 Å². The van der Waals surface area contributed by atoms with Crippen LogP contribution < -0.4 is 10.1 Å². The molecule has 1 fully saturated rings. The average Bonchev–Trinajstić information content (AvgIpc) is 2.74. The number of benzene rings is 1. The summed E-state index contributed by atoms with van der Waals surface area (Å²) in [6, 6.07) is 5.28. The zero-order valence-electron chi connectivity index (χ0n) is 13.7. The molecule has 3 amide bonds. The summed E-state index contributed by atoms with van der Waals surface area (Å²) < 4.78 is 5.68. The number of amides is 3. The second-order valence-corrected chi connectivity index (χ2v) is 5.92. The molecule has 0 bridgehead atoms. The Balaban J connectivity index is 1.90. The lowest BCUT2D eigenvalue weighted by molar-refractivity contribution is -0.127. The number of hydrogen-bond donors (Lipinski definition) is 1. The fourth-order valence-corrected chi connectivity index (χ4v) is 2.71. The topological polar surface area (TPSA) is 58.6 Å². The molecule has 22 heavy (non-hydrogen) atoms. The first-order valence-electron chi connectivity index (χ1n) is 7.79. The summed E-state index contributed by atoms with van der Waals surface area (Å²) >= 11 is 0. The van der Waals surface area contributed by atoms with Crippen LogP contribution in [0.4, 0.5) is 4.79 Å². The minimum Gasteiger partial charge on any atom is -0.492 e. The molecule has 0 aromatic heterocycles. The summed E-state index contributed by atoms with van der Waals surface area (Å²) in [6.45, 7) is 8.82. The lowest BCUT2D eigenvalue weighted by Gasteiger charge is -2.15. The summed E-state index contributed by atoms with van der Waals surface area (Å²) in [4.78, 5) is 24.9. The third-order valence-corrected chi connectivity index (χ3v) is 3.96. The van der Waals surface area contributed by atoms with Gasteiger partial charge in [-0.05, 0) is 42.5 Å². The van der Waals surface area contributed by atoms with Gasteiger partial charge in [-0.25, -0.2) is 4.79 Å². The Bertz CT molecular complexity index is 569. The Kier molecular flexibility index (Phi) is 5.06. The number of aryl methyl sites for hydroxylation is 1. The summed E-state index contributed by atoms with van der Waals surface area (Å²) in [7, 11) is 0. The van der Waals surface area contributed by atoms with Crippen LogP contribution in [0.3, 0.4) is 0 Å². The molecular formula is C17H24N2O3. The maximum Gasteiger partial charge on any atom is 0.324 e. The van der Waals surface area contributed by atoms with Crippen molar-refractivity contribution < 1.29 is 14.3 Å². The standard InChI is InChI=1S/C17H24N2O3/c1-5-15-16(20)19(17(21)18-15)8-9-22-13-6-7-14(11(2)3)12(4)10-13/h6-7,10-11,15H,5,8-9H2,1-4H3,(H,18,21). The van der Waals surface area contributed by atoms with Gasteiger partial charge < -0.3 is 10.1 Å². The van der Waals surface area contributed by atoms with Gasteiger partial charge in [0.05, 0.1) is 6.54 Å². The van der Waals surface area contributed by atoms with Crippen LogP contribution in [0, 0.1) is 6.92 Å². The molecule has 0 radical (unpaired) electrons. The van der Waals surface area contributed by atoms with Crippen LogP contribution in [0.5, 0.6) is 5.75 Å². The van der Waals surface area contributed by atoms with E-state index in [-0.39, 0.29) is 24.5 Å². The lowest BCUT2D eigenvalue weighted by atomic mass is 9.98. The van der Waals surface area contributed by atoms with E-state index in [1.54, 1.807) is 0 Å². The van der Waals surface area contributed by atoms with Crippen molar-refractivity contribution in [2.24, 2.45) is 0 Å². The van der Waals surface area contributed by atoms with Gasteiger partial charge in [0, 0.05) is 0 Å². The van der Waals surface area contributed by atoms with Crippen LogP contribution in [-0.4, -0.2) is 36.0 Å². The number of carbonyl (C=O) groups excluding carboxylic acids is 2. The van der Waals surface area contributed by atoms with Gasteiger partial charge in [-0.1, -0.05) is 26.8 Å². The normalized spacial score (nSPS) is 18.0. The van der Waals surface area contributed by atoms with Crippen molar-refractivity contribution in [2.45, 2.75) is 46.1 Å². The molecule has 1 saturated heterocycles. The number of nitrogens with zero attached hydrogens (tertiary/aromatic N) is 1. The van der Waals surface area contributed by atoms with E-state index < -0.39 is 0 Å². The molecule has 1 atom stereocenters. The van der Waals surface area contributed by atoms with E-state index in [4.69, 9.17) is 4.74 Å². The highest BCUT2D eigenvalue weighted by Gasteiger charge is 2.36. The van der Waals surface area contributed by atoms with Crippen LogP contribution in [0.2, 0.25) is 0 Å². The number of rotatable bonds is 6. The van der Waals surface area contributed by atoms with Crippen LogP contribution in [0.25, 0.3) is 0 Å². The molecule has 0 spiro atoms. The van der Waals surface area contributed by atoms with Crippen LogP contribution in [0.15, 0.2) is 18.2 Å². The van der Waals surface area contributed by atoms with Gasteiger partial charge in [0.15, 0.2) is 0 Å². The van der Waals surface area contributed by atoms with Gasteiger partial charge in [-0.3, -0.25) is 9.69 Å². The molecular weight excluding hydrogens is 280 g/mol. The van der Waals surface area contributed by atoms with E-state index in [2.05, 4.69) is 32.2 Å². The van der Waals surface area contributed by atoms with E-state index in [9.17, 15) is 9.59 Å². The number of carbonyl (C=O) groups is 2. The van der Waals surface area contributed by atoms with E-state index in [1.807, 2.05) is 19.1 Å². The first kappa shape index (κ1) is 16.3. The number of ether oxygens (including phenoxy) is 1. The number of nitrogens with one attached hydrogen (secondary N) is 1. The van der Waals surface area contributed by atoms with Gasteiger partial charge in [0.2, 0.25) is 0 Å². The predicted octanol–water partition coefficient (Wildman–Crippen LogP) is 2.83. The third-order valence-electron chi connectivity index (χ3n) is 3.96. The van der Waals surface area contributed by atoms with Crippen LogP contribution >= 0.6 is 0 Å². The minimum absolute atomic E-state index is 0.164. The average molecular weight is 304 g/mol. The highest BCUT2D eigenvalue weighted by Crippen LogP contribution is 2.23. The Morgan fingerprint density at radius 3 is 2.59 bits per heavy atom. The van der Waals surface area contributed by atoms with Crippen LogP contribution in [-0.2, 0) is 4.79 Å². The van der Waals surface area contributed by atoms with Gasteiger partial charge in [0.1, 0.15) is 18.4 Å². The number of urea groups is 1. The molecule has 0 saturated carbocycles. The van der Waals surface area contributed by atoms with Crippen molar-refractivity contribution >= 4 is 11.9 Å². The fourth-order valence-electron chi connectivity index (χ4n) is 2.71. The molecule has 1 aromatic carbocycles. The first-order valence-corrected chi connectivity index (χ1v) is 7.79. The quantitative estimate of drug-likeness (QED) is 0.822. The van der Waals surface area contributed by atoms with Crippen LogP contribution in [0.1, 0.15) is 44.2 Å². The summed E-state index contributed by atoms with van der Waals surface area (Å²) in [5, 5.41) is 2.66. The molecule has 0 aliphatic carbocycles. The minimum atomic E-state index is -0.389. The third kappa shape index (κ3) is 3.40. The molecule has 1 N–H and O–H groups in total. The van der Waals surface area contributed by atoms with E-state index >= 15 is 0 Å². The van der Waals surface area contributed by atoms with Gasteiger partial charge in [0.25, 0.3) is 5.91 Å². The Hall–Kier alpha value is -2.04. The van der Waals surface area contributed by atoms with Crippen molar-refractivity contribution in [3.8, 4) is 5.75 Å².